The van der Waals surface area contributed by atoms with Crippen molar-refractivity contribution in [1.82, 2.24) is 14.8 Å². The Hall–Kier alpha value is -2.24. The van der Waals surface area contributed by atoms with Gasteiger partial charge in [0.15, 0.2) is 9.84 Å². The molecule has 0 bridgehead atoms. The van der Waals surface area contributed by atoms with Gasteiger partial charge in [-0.2, -0.15) is 5.10 Å². The van der Waals surface area contributed by atoms with E-state index in [1.54, 1.807) is 0 Å². The molecule has 1 saturated heterocycles. The van der Waals surface area contributed by atoms with Crippen molar-refractivity contribution in [3.05, 3.63) is 45.7 Å². The summed E-state index contributed by atoms with van der Waals surface area (Å²) >= 11 is 6.28. The molecule has 9 nitrogen and oxygen atoms in total. The highest BCUT2D eigenvalue weighted by atomic mass is 35.5. The summed E-state index contributed by atoms with van der Waals surface area (Å²) in [6.45, 7) is 0.397. The molecule has 0 radical (unpaired) electrons. The summed E-state index contributed by atoms with van der Waals surface area (Å²) in [5.74, 6) is -0.0692. The fourth-order valence-electron chi connectivity index (χ4n) is 3.91. The van der Waals surface area contributed by atoms with Crippen molar-refractivity contribution >= 4 is 27.1 Å². The second-order valence-electron chi connectivity index (χ2n) is 7.93. The Morgan fingerprint density at radius 3 is 2.72 bits per heavy atom. The van der Waals surface area contributed by atoms with Gasteiger partial charge in [-0.25, -0.2) is 22.5 Å². The Kier molecular flexibility index (Phi) is 6.96. The molecule has 2 aromatic rings. The number of nitrogens with one attached hydrogen (secondary N) is 1. The number of hydrogen-bond acceptors (Lipinski definition) is 8. The highest BCUT2D eigenvalue weighted by Crippen LogP contribution is 2.30. The number of hydrogen-bond donors (Lipinski definition) is 1. The van der Waals surface area contributed by atoms with E-state index in [9.17, 15) is 17.6 Å². The molecule has 2 aliphatic rings. The number of anilines is 1. The summed E-state index contributed by atoms with van der Waals surface area (Å²) in [5.41, 5.74) is -0.128. The van der Waals surface area contributed by atoms with Crippen molar-refractivity contribution in [2.45, 2.75) is 43.1 Å². The van der Waals surface area contributed by atoms with Crippen molar-refractivity contribution < 1.29 is 22.3 Å². The molecule has 0 amide bonds. The molecule has 1 N–H and O–H groups in total. The predicted molar refractivity (Wildman–Crippen MR) is 117 cm³/mol. The van der Waals surface area contributed by atoms with Gasteiger partial charge in [0, 0.05) is 12.6 Å². The lowest BCUT2D eigenvalue weighted by Gasteiger charge is -2.29. The van der Waals surface area contributed by atoms with E-state index in [4.69, 9.17) is 21.1 Å². The molecule has 0 unspecified atom stereocenters. The normalized spacial score (nSPS) is 25.2. The average Bonchev–Trinajstić information content (AvgIpc) is 2.78. The van der Waals surface area contributed by atoms with Crippen LogP contribution in [0.15, 0.2) is 29.3 Å². The minimum absolute atomic E-state index is 0.0173. The number of ether oxygens (including phenoxy) is 2. The molecule has 1 aliphatic heterocycles. The Bertz CT molecular complexity index is 1100. The summed E-state index contributed by atoms with van der Waals surface area (Å²) < 4.78 is 49.6. The van der Waals surface area contributed by atoms with Crippen LogP contribution in [0.4, 0.5) is 10.1 Å². The van der Waals surface area contributed by atoms with Crippen molar-refractivity contribution in [2.75, 3.05) is 30.8 Å². The first-order valence-corrected chi connectivity index (χ1v) is 12.5. The summed E-state index contributed by atoms with van der Waals surface area (Å²) in [5, 5.41) is 6.47. The Balaban J connectivity index is 1.36. The monoisotopic (exact) mass is 486 g/mol. The minimum atomic E-state index is -3.24. The minimum Gasteiger partial charge on any atom is -0.474 e. The van der Waals surface area contributed by atoms with Crippen molar-refractivity contribution in [3.8, 4) is 5.88 Å². The van der Waals surface area contributed by atoms with Crippen LogP contribution in [0.25, 0.3) is 0 Å². The molecule has 1 aliphatic carbocycles. The van der Waals surface area contributed by atoms with Gasteiger partial charge in [-0.3, -0.25) is 4.79 Å². The van der Waals surface area contributed by atoms with E-state index in [1.807, 2.05) is 0 Å². The van der Waals surface area contributed by atoms with Gasteiger partial charge in [-0.15, -0.1) is 0 Å². The molecule has 174 valence electrons. The van der Waals surface area contributed by atoms with Crippen molar-refractivity contribution in [3.63, 3.8) is 0 Å². The molecule has 3 heterocycles. The quantitative estimate of drug-likeness (QED) is 0.661. The van der Waals surface area contributed by atoms with Crippen LogP contribution >= 0.6 is 11.6 Å². The van der Waals surface area contributed by atoms with Crippen LogP contribution < -0.4 is 15.6 Å². The van der Waals surface area contributed by atoms with Crippen LogP contribution in [0.5, 0.6) is 5.88 Å². The first-order valence-electron chi connectivity index (χ1n) is 10.4. The maximum absolute atomic E-state index is 13.0. The van der Waals surface area contributed by atoms with E-state index < -0.39 is 26.5 Å². The smallest absolute Gasteiger partial charge is 0.287 e. The SMILES string of the molecule is O=c1c(Cl)c(NC[C@@H]2COCCS2(=O)=O)cnn1C1CCC(Oc2ccc(F)cn2)CC1. The summed E-state index contributed by atoms with van der Waals surface area (Å²) in [6, 6.07) is 2.66. The largest absolute Gasteiger partial charge is 0.474 e. The van der Waals surface area contributed by atoms with E-state index in [1.165, 1.54) is 23.0 Å². The first kappa shape index (κ1) is 22.9. The van der Waals surface area contributed by atoms with E-state index in [-0.39, 0.29) is 42.7 Å². The molecule has 32 heavy (non-hydrogen) atoms. The topological polar surface area (TPSA) is 112 Å². The number of halogens is 2. The number of nitrogens with zero attached hydrogens (tertiary/aromatic N) is 3. The van der Waals surface area contributed by atoms with E-state index in [0.29, 0.717) is 37.3 Å². The molecule has 4 rings (SSSR count). The highest BCUT2D eigenvalue weighted by Gasteiger charge is 2.30. The maximum Gasteiger partial charge on any atom is 0.287 e. The van der Waals surface area contributed by atoms with Gasteiger partial charge in [0.2, 0.25) is 5.88 Å². The van der Waals surface area contributed by atoms with Gasteiger partial charge in [0.25, 0.3) is 5.56 Å². The molecule has 12 heteroatoms. The second-order valence-corrected chi connectivity index (χ2v) is 10.7. The summed E-state index contributed by atoms with van der Waals surface area (Å²) in [4.78, 5) is 16.7. The molecule has 0 aromatic carbocycles. The Morgan fingerprint density at radius 1 is 1.25 bits per heavy atom. The van der Waals surface area contributed by atoms with Gasteiger partial charge < -0.3 is 14.8 Å². The molecular weight excluding hydrogens is 463 g/mol. The van der Waals surface area contributed by atoms with Gasteiger partial charge >= 0.3 is 0 Å². The molecule has 2 fully saturated rings. The predicted octanol–water partition coefficient (Wildman–Crippen LogP) is 2.22. The van der Waals surface area contributed by atoms with Gasteiger partial charge in [0.1, 0.15) is 22.2 Å². The van der Waals surface area contributed by atoms with E-state index >= 15 is 0 Å². The Morgan fingerprint density at radius 2 is 2.03 bits per heavy atom. The lowest BCUT2D eigenvalue weighted by atomic mass is 9.93. The maximum atomic E-state index is 13.0. The van der Waals surface area contributed by atoms with Crippen LogP contribution in [0.1, 0.15) is 31.7 Å². The molecule has 1 atom stereocenters. The van der Waals surface area contributed by atoms with E-state index in [2.05, 4.69) is 15.4 Å². The number of sulfone groups is 1. The zero-order valence-electron chi connectivity index (χ0n) is 17.2. The number of pyridine rings is 1. The zero-order chi connectivity index (χ0) is 22.7. The molecule has 1 saturated carbocycles. The van der Waals surface area contributed by atoms with Gasteiger partial charge in [0.05, 0.1) is 43.1 Å². The zero-order valence-corrected chi connectivity index (χ0v) is 18.8. The molecule has 2 aromatic heterocycles. The highest BCUT2D eigenvalue weighted by molar-refractivity contribution is 7.92. The van der Waals surface area contributed by atoms with Crippen molar-refractivity contribution in [1.29, 1.82) is 0 Å². The standard InChI is InChI=1S/C20H24ClFN4O5S/c21-19-17(23-10-16-12-30-7-8-32(16,28)29)11-25-26(20(19)27)14-2-4-15(5-3-14)31-18-6-1-13(22)9-24-18/h1,6,9,11,14-16,23H,2-5,7-8,10,12H2/t14?,15?,16-/m1/s1. The fraction of sp³-hybridized carbons (Fsp3) is 0.550. The van der Waals surface area contributed by atoms with Crippen LogP contribution in [0, 0.1) is 5.82 Å². The Labute approximate surface area is 189 Å². The average molecular weight is 487 g/mol. The molecular formula is C20H24ClFN4O5S. The van der Waals surface area contributed by atoms with Crippen LogP contribution in [0.2, 0.25) is 5.02 Å². The third kappa shape index (κ3) is 5.21. The van der Waals surface area contributed by atoms with Crippen LogP contribution in [-0.4, -0.2) is 60.0 Å². The van der Waals surface area contributed by atoms with Crippen molar-refractivity contribution in [2.24, 2.45) is 0 Å². The number of rotatable bonds is 6. The second kappa shape index (κ2) is 9.72. The van der Waals surface area contributed by atoms with E-state index in [0.717, 1.165) is 6.20 Å². The summed E-state index contributed by atoms with van der Waals surface area (Å²) in [7, 11) is -3.24. The third-order valence-electron chi connectivity index (χ3n) is 5.76. The lowest BCUT2D eigenvalue weighted by molar-refractivity contribution is 0.123. The summed E-state index contributed by atoms with van der Waals surface area (Å²) in [6.07, 6.45) is 5.20. The van der Waals surface area contributed by atoms with Gasteiger partial charge in [-0.05, 0) is 31.7 Å². The first-order chi connectivity index (χ1) is 15.3. The fourth-order valence-corrected chi connectivity index (χ4v) is 5.43. The van der Waals surface area contributed by atoms with Crippen LogP contribution in [-0.2, 0) is 14.6 Å². The number of aromatic nitrogens is 3. The molecule has 0 spiro atoms. The van der Waals surface area contributed by atoms with Crippen LogP contribution in [0.3, 0.4) is 0 Å². The van der Waals surface area contributed by atoms with Gasteiger partial charge in [-0.1, -0.05) is 11.6 Å². The lowest BCUT2D eigenvalue weighted by Crippen LogP contribution is -2.41. The third-order valence-corrected chi connectivity index (χ3v) is 8.18.